The third-order valence-corrected chi connectivity index (χ3v) is 5.40. The minimum Gasteiger partial charge on any atom is -0.542 e. The number of carbonyl (C=O) groups is 1. The van der Waals surface area contributed by atoms with Crippen LogP contribution in [0.4, 0.5) is 0 Å². The molecule has 2 rings (SSSR count). The summed E-state index contributed by atoms with van der Waals surface area (Å²) in [5, 5.41) is 0. The molecular weight excluding hydrogens is 330 g/mol. The van der Waals surface area contributed by atoms with Gasteiger partial charge in [0.25, 0.3) is 9.04 Å². The third-order valence-electron chi connectivity index (χ3n) is 4.78. The molecule has 1 aromatic rings. The third kappa shape index (κ3) is 4.43. The van der Waals surface area contributed by atoms with Crippen LogP contribution < -0.4 is 4.43 Å². The largest absolute Gasteiger partial charge is 0.542 e. The van der Waals surface area contributed by atoms with Crippen molar-refractivity contribution in [1.82, 2.24) is 4.98 Å². The lowest BCUT2D eigenvalue weighted by atomic mass is 9.73. The van der Waals surface area contributed by atoms with Gasteiger partial charge < -0.3 is 9.16 Å². The van der Waals surface area contributed by atoms with Crippen LogP contribution in [0, 0.1) is 12.3 Å². The molecule has 0 saturated carbocycles. The Labute approximate surface area is 154 Å². The van der Waals surface area contributed by atoms with Crippen molar-refractivity contribution < 1.29 is 14.0 Å². The molecule has 0 saturated heterocycles. The van der Waals surface area contributed by atoms with E-state index in [9.17, 15) is 4.79 Å². The molecule has 0 amide bonds. The molecule has 0 bridgehead atoms. The topological polar surface area (TPSA) is 48.4 Å². The average molecular weight is 363 g/mol. The van der Waals surface area contributed by atoms with Gasteiger partial charge in [-0.15, -0.1) is 0 Å². The van der Waals surface area contributed by atoms with Gasteiger partial charge in [0.1, 0.15) is 11.3 Å². The fraction of sp³-hybridized carbons (Fsp3) is 0.700. The van der Waals surface area contributed by atoms with Crippen LogP contribution in [0.25, 0.3) is 0 Å². The van der Waals surface area contributed by atoms with Crippen LogP contribution in [0.15, 0.2) is 0 Å². The van der Waals surface area contributed by atoms with Crippen molar-refractivity contribution in [2.24, 2.45) is 5.41 Å². The van der Waals surface area contributed by atoms with E-state index in [4.69, 9.17) is 14.1 Å². The van der Waals surface area contributed by atoms with Crippen molar-refractivity contribution in [2.75, 3.05) is 6.61 Å². The van der Waals surface area contributed by atoms with Crippen molar-refractivity contribution in [2.45, 2.75) is 79.3 Å². The summed E-state index contributed by atoms with van der Waals surface area (Å²) in [6, 6.07) is 0. The van der Waals surface area contributed by atoms with E-state index < -0.39 is 9.04 Å². The average Bonchev–Trinajstić information content (AvgIpc) is 2.68. The SMILES string of the molecule is CCOC(=O)c1c(C)nc2c(c1O[Si](C)C)C(C(C)(C)C)CCCC2. The highest BCUT2D eigenvalue weighted by molar-refractivity contribution is 6.49. The Balaban J connectivity index is 2.75. The second-order valence-corrected chi connectivity index (χ2v) is 10.2. The highest BCUT2D eigenvalue weighted by atomic mass is 28.3. The van der Waals surface area contributed by atoms with E-state index in [2.05, 4.69) is 33.9 Å². The van der Waals surface area contributed by atoms with Crippen LogP contribution in [-0.4, -0.2) is 26.6 Å². The Morgan fingerprint density at radius 1 is 1.28 bits per heavy atom. The monoisotopic (exact) mass is 362 g/mol. The number of esters is 1. The van der Waals surface area contributed by atoms with Gasteiger partial charge in [-0.1, -0.05) is 27.2 Å². The Hall–Kier alpha value is -1.36. The molecule has 0 aliphatic heterocycles. The number of nitrogens with zero attached hydrogens (tertiary/aromatic N) is 1. The molecule has 1 aliphatic carbocycles. The van der Waals surface area contributed by atoms with Gasteiger partial charge in [-0.2, -0.15) is 0 Å². The Morgan fingerprint density at radius 2 is 1.96 bits per heavy atom. The van der Waals surface area contributed by atoms with Crippen LogP contribution in [0.1, 0.15) is 80.2 Å². The number of carbonyl (C=O) groups excluding carboxylic acids is 1. The minimum atomic E-state index is -1.02. The highest BCUT2D eigenvalue weighted by Gasteiger charge is 2.36. The molecule has 5 heteroatoms. The summed E-state index contributed by atoms with van der Waals surface area (Å²) < 4.78 is 11.7. The van der Waals surface area contributed by atoms with Gasteiger partial charge >= 0.3 is 5.97 Å². The van der Waals surface area contributed by atoms with Crippen LogP contribution in [-0.2, 0) is 11.2 Å². The molecule has 1 heterocycles. The van der Waals surface area contributed by atoms with Gasteiger partial charge in [-0.05, 0) is 57.5 Å². The minimum absolute atomic E-state index is 0.0917. The molecule has 25 heavy (non-hydrogen) atoms. The van der Waals surface area contributed by atoms with Gasteiger partial charge in [0.2, 0.25) is 0 Å². The predicted molar refractivity (Wildman–Crippen MR) is 103 cm³/mol. The van der Waals surface area contributed by atoms with Gasteiger partial charge in [-0.3, -0.25) is 4.98 Å². The molecule has 0 aromatic carbocycles. The second-order valence-electron chi connectivity index (χ2n) is 8.16. The summed E-state index contributed by atoms with van der Waals surface area (Å²) in [6.45, 7) is 15.1. The van der Waals surface area contributed by atoms with E-state index in [1.807, 2.05) is 13.8 Å². The zero-order valence-corrected chi connectivity index (χ0v) is 17.8. The Bertz CT molecular complexity index is 635. The summed E-state index contributed by atoms with van der Waals surface area (Å²) in [7, 11) is -1.02. The zero-order valence-electron chi connectivity index (χ0n) is 16.8. The first kappa shape index (κ1) is 20.0. The number of pyridine rings is 1. The molecule has 1 aromatic heterocycles. The van der Waals surface area contributed by atoms with Gasteiger partial charge in [-0.25, -0.2) is 4.79 Å². The van der Waals surface area contributed by atoms with Crippen LogP contribution in [0.3, 0.4) is 0 Å². The van der Waals surface area contributed by atoms with Crippen molar-refractivity contribution in [3.05, 3.63) is 22.5 Å². The quantitative estimate of drug-likeness (QED) is 0.427. The second kappa shape index (κ2) is 7.90. The first-order valence-electron chi connectivity index (χ1n) is 9.35. The predicted octanol–water partition coefficient (Wildman–Crippen LogP) is 5.05. The summed E-state index contributed by atoms with van der Waals surface area (Å²) >= 11 is 0. The smallest absolute Gasteiger partial charge is 0.343 e. The summed E-state index contributed by atoms with van der Waals surface area (Å²) in [4.78, 5) is 17.5. The number of aromatic nitrogens is 1. The Kier molecular flexibility index (Phi) is 6.30. The number of rotatable bonds is 4. The number of hydrogen-bond donors (Lipinski definition) is 0. The highest BCUT2D eigenvalue weighted by Crippen LogP contribution is 2.47. The molecule has 0 fully saturated rings. The maximum atomic E-state index is 12.7. The summed E-state index contributed by atoms with van der Waals surface area (Å²) in [5.74, 6) is 0.773. The van der Waals surface area contributed by atoms with E-state index >= 15 is 0 Å². The maximum Gasteiger partial charge on any atom is 0.343 e. The molecule has 1 aliphatic rings. The standard InChI is InChI=1S/C20H32NO3Si/c1-8-23-19(22)16-13(2)21-15-12-10-9-11-14(20(3,4)5)17(15)18(16)24-25(6)7/h14H,8-12H2,1-7H3. The van der Waals surface area contributed by atoms with Crippen molar-refractivity contribution in [3.63, 3.8) is 0 Å². The van der Waals surface area contributed by atoms with E-state index in [1.54, 1.807) is 0 Å². The molecule has 1 atom stereocenters. The van der Waals surface area contributed by atoms with Crippen LogP contribution in [0.5, 0.6) is 5.75 Å². The fourth-order valence-electron chi connectivity index (χ4n) is 3.70. The normalized spacial score (nSPS) is 17.8. The van der Waals surface area contributed by atoms with E-state index in [-0.39, 0.29) is 11.4 Å². The lowest BCUT2D eigenvalue weighted by molar-refractivity contribution is 0.0522. The summed E-state index contributed by atoms with van der Waals surface area (Å²) in [6.07, 6.45) is 4.38. The molecule has 0 spiro atoms. The van der Waals surface area contributed by atoms with E-state index in [0.717, 1.165) is 42.0 Å². The van der Waals surface area contributed by atoms with Crippen molar-refractivity contribution in [1.29, 1.82) is 0 Å². The van der Waals surface area contributed by atoms with Gasteiger partial charge in [0.15, 0.2) is 0 Å². The molecule has 1 unspecified atom stereocenters. The first-order valence-corrected chi connectivity index (χ1v) is 11.8. The zero-order chi connectivity index (χ0) is 18.8. The number of ether oxygens (including phenoxy) is 1. The van der Waals surface area contributed by atoms with Gasteiger partial charge in [0, 0.05) is 11.3 Å². The maximum absolute atomic E-state index is 12.7. The number of fused-ring (bicyclic) bond motifs is 1. The molecule has 4 nitrogen and oxygen atoms in total. The van der Waals surface area contributed by atoms with Crippen LogP contribution >= 0.6 is 0 Å². The van der Waals surface area contributed by atoms with Crippen molar-refractivity contribution >= 4 is 15.0 Å². The lowest BCUT2D eigenvalue weighted by Crippen LogP contribution is -2.25. The van der Waals surface area contributed by atoms with Crippen molar-refractivity contribution in [3.8, 4) is 5.75 Å². The first-order chi connectivity index (χ1) is 11.7. The molecular formula is C20H32NO3Si. The van der Waals surface area contributed by atoms with E-state index in [0.29, 0.717) is 18.1 Å². The molecule has 0 N–H and O–H groups in total. The van der Waals surface area contributed by atoms with E-state index in [1.165, 1.54) is 6.42 Å². The molecule has 1 radical (unpaired) electrons. The van der Waals surface area contributed by atoms with Crippen LogP contribution in [0.2, 0.25) is 13.1 Å². The lowest BCUT2D eigenvalue weighted by Gasteiger charge is -2.33. The number of aryl methyl sites for hydroxylation is 2. The number of hydrogen-bond acceptors (Lipinski definition) is 4. The fourth-order valence-corrected chi connectivity index (χ4v) is 4.32. The molecule has 139 valence electrons. The summed E-state index contributed by atoms with van der Waals surface area (Å²) in [5.41, 5.74) is 3.62. The Morgan fingerprint density at radius 3 is 2.52 bits per heavy atom. The van der Waals surface area contributed by atoms with Gasteiger partial charge in [0.05, 0.1) is 12.3 Å².